The number of halogens is 2. The van der Waals surface area contributed by atoms with Crippen molar-refractivity contribution in [2.24, 2.45) is 0 Å². The lowest BCUT2D eigenvalue weighted by Gasteiger charge is -2.40. The van der Waals surface area contributed by atoms with Crippen molar-refractivity contribution in [1.29, 1.82) is 0 Å². The summed E-state index contributed by atoms with van der Waals surface area (Å²) in [4.78, 5) is 4.70. The number of nitrogens with zero attached hydrogens (tertiary/aromatic N) is 6. The van der Waals surface area contributed by atoms with E-state index in [4.69, 9.17) is 16.3 Å². The van der Waals surface area contributed by atoms with Crippen LogP contribution in [-0.2, 0) is 11.3 Å². The van der Waals surface area contributed by atoms with E-state index in [0.717, 1.165) is 48.3 Å². The van der Waals surface area contributed by atoms with Crippen LogP contribution in [0.3, 0.4) is 0 Å². The van der Waals surface area contributed by atoms with Gasteiger partial charge in [-0.3, -0.25) is 4.90 Å². The van der Waals surface area contributed by atoms with Gasteiger partial charge in [-0.05, 0) is 52.7 Å². The first-order valence-corrected chi connectivity index (χ1v) is 10.7. The maximum Gasteiger partial charge on any atom is 0.173 e. The van der Waals surface area contributed by atoms with E-state index in [1.807, 2.05) is 24.3 Å². The molecule has 4 rings (SSSR count). The Morgan fingerprint density at radius 1 is 1.10 bits per heavy atom. The Labute approximate surface area is 186 Å². The second-order valence-electron chi connectivity index (χ2n) is 7.66. The van der Waals surface area contributed by atoms with Crippen LogP contribution in [0.15, 0.2) is 42.5 Å². The summed E-state index contributed by atoms with van der Waals surface area (Å²) in [7, 11) is 1.65. The van der Waals surface area contributed by atoms with Gasteiger partial charge in [-0.15, -0.1) is 5.10 Å². The number of hydrogen-bond acceptors (Lipinski definition) is 6. The van der Waals surface area contributed by atoms with Crippen molar-refractivity contribution in [3.8, 4) is 0 Å². The fraction of sp³-hybridized carbons (Fsp3) is 0.409. The highest BCUT2D eigenvalue weighted by Gasteiger charge is 2.31. The average molecular weight is 445 g/mol. The number of tetrazole rings is 1. The Bertz CT molecular complexity index is 1000. The molecule has 0 amide bonds. The van der Waals surface area contributed by atoms with E-state index in [2.05, 4.69) is 38.3 Å². The SMILES string of the molecule is COCCn1nnnc1[C@H](c1ccc(F)cc1)N1CCN(c2cc(Cl)ccc2C)CC1. The predicted octanol–water partition coefficient (Wildman–Crippen LogP) is 3.33. The van der Waals surface area contributed by atoms with Gasteiger partial charge in [0.05, 0.1) is 19.2 Å². The van der Waals surface area contributed by atoms with Crippen molar-refractivity contribution in [2.45, 2.75) is 19.5 Å². The molecule has 0 aliphatic carbocycles. The Morgan fingerprint density at radius 3 is 2.55 bits per heavy atom. The molecule has 0 bridgehead atoms. The summed E-state index contributed by atoms with van der Waals surface area (Å²) in [5, 5.41) is 13.1. The summed E-state index contributed by atoms with van der Waals surface area (Å²) in [6.07, 6.45) is 0. The van der Waals surface area contributed by atoms with Gasteiger partial charge in [0.15, 0.2) is 5.82 Å². The van der Waals surface area contributed by atoms with Crippen molar-refractivity contribution in [3.63, 3.8) is 0 Å². The largest absolute Gasteiger partial charge is 0.383 e. The molecule has 1 aliphatic rings. The van der Waals surface area contributed by atoms with Crippen molar-refractivity contribution >= 4 is 17.3 Å². The van der Waals surface area contributed by atoms with Gasteiger partial charge in [0.25, 0.3) is 0 Å². The fourth-order valence-electron chi connectivity index (χ4n) is 4.06. The first-order chi connectivity index (χ1) is 15.1. The normalized spacial score (nSPS) is 15.9. The molecule has 3 aromatic rings. The third-order valence-electron chi connectivity index (χ3n) is 5.69. The van der Waals surface area contributed by atoms with Crippen LogP contribution in [-0.4, -0.2) is 65.0 Å². The van der Waals surface area contributed by atoms with E-state index in [9.17, 15) is 4.39 Å². The summed E-state index contributed by atoms with van der Waals surface area (Å²) in [5.74, 6) is 0.471. The van der Waals surface area contributed by atoms with Gasteiger partial charge >= 0.3 is 0 Å². The Kier molecular flexibility index (Phi) is 6.80. The van der Waals surface area contributed by atoms with Gasteiger partial charge in [0.2, 0.25) is 0 Å². The highest BCUT2D eigenvalue weighted by atomic mass is 35.5. The summed E-state index contributed by atoms with van der Waals surface area (Å²) in [5.41, 5.74) is 3.33. The second-order valence-corrected chi connectivity index (χ2v) is 8.10. The zero-order chi connectivity index (χ0) is 21.8. The number of piperazine rings is 1. The number of anilines is 1. The Hall–Kier alpha value is -2.55. The molecule has 1 aliphatic heterocycles. The van der Waals surface area contributed by atoms with Crippen molar-refractivity contribution in [3.05, 3.63) is 70.3 Å². The highest BCUT2D eigenvalue weighted by Crippen LogP contribution is 2.31. The van der Waals surface area contributed by atoms with E-state index in [-0.39, 0.29) is 11.9 Å². The monoisotopic (exact) mass is 444 g/mol. The molecule has 1 aromatic heterocycles. The lowest BCUT2D eigenvalue weighted by atomic mass is 10.0. The maximum atomic E-state index is 13.6. The van der Waals surface area contributed by atoms with Gasteiger partial charge in [0, 0.05) is 44.0 Å². The Balaban J connectivity index is 1.59. The standard InChI is InChI=1S/C22H26ClFN6O/c1-16-3-6-18(23)15-20(16)28-9-11-29(12-10-28)21(17-4-7-19(24)8-5-17)22-25-26-27-30(22)13-14-31-2/h3-8,15,21H,9-14H2,1-2H3/t21-/m0/s1. The van der Waals surface area contributed by atoms with E-state index in [1.54, 1.807) is 11.8 Å². The van der Waals surface area contributed by atoms with Gasteiger partial charge in [-0.1, -0.05) is 29.8 Å². The molecule has 0 radical (unpaired) electrons. The lowest BCUT2D eigenvalue weighted by Crippen LogP contribution is -2.48. The van der Waals surface area contributed by atoms with Crippen LogP contribution >= 0.6 is 11.6 Å². The third-order valence-corrected chi connectivity index (χ3v) is 5.92. The topological polar surface area (TPSA) is 59.3 Å². The molecule has 1 fully saturated rings. The van der Waals surface area contributed by atoms with Crippen LogP contribution in [0.2, 0.25) is 5.02 Å². The molecule has 2 aromatic carbocycles. The van der Waals surface area contributed by atoms with Gasteiger partial charge in [-0.2, -0.15) is 0 Å². The lowest BCUT2D eigenvalue weighted by molar-refractivity contribution is 0.171. The van der Waals surface area contributed by atoms with Crippen LogP contribution in [0, 0.1) is 12.7 Å². The summed E-state index contributed by atoms with van der Waals surface area (Å²) >= 11 is 6.23. The van der Waals surface area contributed by atoms with Crippen molar-refractivity contribution in [1.82, 2.24) is 25.1 Å². The van der Waals surface area contributed by atoms with Crippen LogP contribution in [0.1, 0.15) is 23.0 Å². The average Bonchev–Trinajstić information content (AvgIpc) is 3.24. The molecular formula is C22H26ClFN6O. The number of benzene rings is 2. The zero-order valence-electron chi connectivity index (χ0n) is 17.7. The number of ether oxygens (including phenoxy) is 1. The molecule has 9 heteroatoms. The van der Waals surface area contributed by atoms with E-state index < -0.39 is 0 Å². The molecule has 1 saturated heterocycles. The number of rotatable bonds is 7. The second kappa shape index (κ2) is 9.72. The number of aryl methyl sites for hydroxylation is 1. The summed E-state index contributed by atoms with van der Waals surface area (Å²) in [6, 6.07) is 12.4. The molecule has 1 atom stereocenters. The number of aromatic nitrogens is 4. The van der Waals surface area contributed by atoms with Crippen LogP contribution in [0.4, 0.5) is 10.1 Å². The van der Waals surface area contributed by atoms with E-state index in [1.165, 1.54) is 17.7 Å². The molecule has 31 heavy (non-hydrogen) atoms. The molecular weight excluding hydrogens is 419 g/mol. The summed E-state index contributed by atoms with van der Waals surface area (Å²) < 4.78 is 20.6. The number of hydrogen-bond donors (Lipinski definition) is 0. The smallest absolute Gasteiger partial charge is 0.173 e. The fourth-order valence-corrected chi connectivity index (χ4v) is 4.22. The van der Waals surface area contributed by atoms with Crippen molar-refractivity contribution < 1.29 is 9.13 Å². The van der Waals surface area contributed by atoms with E-state index in [0.29, 0.717) is 13.2 Å². The van der Waals surface area contributed by atoms with Gasteiger partial charge in [0.1, 0.15) is 5.82 Å². The van der Waals surface area contributed by atoms with Gasteiger partial charge < -0.3 is 9.64 Å². The minimum absolute atomic E-state index is 0.171. The predicted molar refractivity (Wildman–Crippen MR) is 118 cm³/mol. The Morgan fingerprint density at radius 2 is 1.84 bits per heavy atom. The molecule has 7 nitrogen and oxygen atoms in total. The molecule has 0 unspecified atom stereocenters. The van der Waals surface area contributed by atoms with Crippen LogP contribution < -0.4 is 4.90 Å². The first-order valence-electron chi connectivity index (χ1n) is 10.3. The molecule has 0 saturated carbocycles. The van der Waals surface area contributed by atoms with Gasteiger partial charge in [-0.25, -0.2) is 9.07 Å². The van der Waals surface area contributed by atoms with Crippen LogP contribution in [0.5, 0.6) is 0 Å². The molecule has 2 heterocycles. The quantitative estimate of drug-likeness (QED) is 0.557. The maximum absolute atomic E-state index is 13.6. The first kappa shape index (κ1) is 21.7. The third kappa shape index (κ3) is 4.87. The van der Waals surface area contributed by atoms with Crippen LogP contribution in [0.25, 0.3) is 0 Å². The highest BCUT2D eigenvalue weighted by molar-refractivity contribution is 6.30. The molecule has 0 N–H and O–H groups in total. The van der Waals surface area contributed by atoms with E-state index >= 15 is 0 Å². The minimum Gasteiger partial charge on any atom is -0.383 e. The molecule has 164 valence electrons. The number of methoxy groups -OCH3 is 1. The molecule has 0 spiro atoms. The minimum atomic E-state index is -0.261. The zero-order valence-corrected chi connectivity index (χ0v) is 18.5. The summed E-state index contributed by atoms with van der Waals surface area (Å²) in [6.45, 7) is 6.48. The van der Waals surface area contributed by atoms with Crippen molar-refractivity contribution in [2.75, 3.05) is 44.8 Å².